The van der Waals surface area contributed by atoms with Gasteiger partial charge in [0, 0.05) is 19.6 Å². The van der Waals surface area contributed by atoms with Crippen LogP contribution in [0.25, 0.3) is 0 Å². The van der Waals surface area contributed by atoms with Crippen LogP contribution in [0.2, 0.25) is 0 Å². The van der Waals surface area contributed by atoms with E-state index in [0.717, 1.165) is 57.7 Å². The van der Waals surface area contributed by atoms with Crippen molar-refractivity contribution in [2.75, 3.05) is 39.4 Å². The minimum atomic E-state index is -3.75. The molecule has 156 valence electrons. The molecule has 7 heteroatoms. The first-order valence-corrected chi connectivity index (χ1v) is 11.8. The summed E-state index contributed by atoms with van der Waals surface area (Å²) in [5.41, 5.74) is 1.60. The van der Waals surface area contributed by atoms with Gasteiger partial charge in [-0.15, -0.1) is 0 Å². The summed E-state index contributed by atoms with van der Waals surface area (Å²) in [4.78, 5) is 15.7. The molecule has 28 heavy (non-hydrogen) atoms. The van der Waals surface area contributed by atoms with E-state index in [4.69, 9.17) is 4.74 Å². The van der Waals surface area contributed by atoms with E-state index in [1.54, 1.807) is 13.0 Å². The topological polar surface area (TPSA) is 75.7 Å². The molecule has 2 aliphatic rings. The van der Waals surface area contributed by atoms with Crippen LogP contribution < -0.4 is 5.32 Å². The number of ether oxygens (including phenoxy) is 1. The van der Waals surface area contributed by atoms with Gasteiger partial charge in [0.05, 0.1) is 18.1 Å². The molecule has 1 saturated carbocycles. The summed E-state index contributed by atoms with van der Waals surface area (Å²) in [6.07, 6.45) is 3.15. The number of hydrogen-bond acceptors (Lipinski definition) is 5. The van der Waals surface area contributed by atoms with Gasteiger partial charge in [-0.05, 0) is 56.8 Å². The van der Waals surface area contributed by atoms with Gasteiger partial charge in [-0.25, -0.2) is 8.42 Å². The summed E-state index contributed by atoms with van der Waals surface area (Å²) in [7, 11) is -3.75. The molecule has 0 aromatic heterocycles. The van der Waals surface area contributed by atoms with Gasteiger partial charge in [-0.1, -0.05) is 25.0 Å². The van der Waals surface area contributed by atoms with Gasteiger partial charge in [0.25, 0.3) is 0 Å². The van der Waals surface area contributed by atoms with Gasteiger partial charge >= 0.3 is 0 Å². The molecule has 0 atom stereocenters. The third kappa shape index (κ3) is 4.26. The summed E-state index contributed by atoms with van der Waals surface area (Å²) in [6, 6.07) is 5.43. The molecule has 1 saturated heterocycles. The van der Waals surface area contributed by atoms with Crippen molar-refractivity contribution in [2.45, 2.75) is 55.6 Å². The van der Waals surface area contributed by atoms with Crippen LogP contribution in [0, 0.1) is 13.8 Å². The molecule has 0 bridgehead atoms. The fraction of sp³-hybridized carbons (Fsp3) is 0.667. The lowest BCUT2D eigenvalue weighted by Gasteiger charge is -2.29. The predicted octanol–water partition coefficient (Wildman–Crippen LogP) is 2.23. The Hall–Kier alpha value is -1.44. The zero-order valence-electron chi connectivity index (χ0n) is 17.0. The van der Waals surface area contributed by atoms with Gasteiger partial charge in [0.1, 0.15) is 0 Å². The zero-order chi connectivity index (χ0) is 20.2. The molecule has 1 heterocycles. The highest BCUT2D eigenvalue weighted by Crippen LogP contribution is 2.41. The van der Waals surface area contributed by atoms with E-state index in [1.165, 1.54) is 0 Å². The normalized spacial score (nSPS) is 20.2. The van der Waals surface area contributed by atoms with Crippen molar-refractivity contribution in [1.29, 1.82) is 0 Å². The molecule has 0 unspecified atom stereocenters. The van der Waals surface area contributed by atoms with E-state index in [-0.39, 0.29) is 5.91 Å². The Labute approximate surface area is 168 Å². The van der Waals surface area contributed by atoms with Crippen molar-refractivity contribution in [3.05, 3.63) is 29.3 Å². The Morgan fingerprint density at radius 1 is 1.18 bits per heavy atom. The molecule has 1 aromatic carbocycles. The maximum Gasteiger partial charge on any atom is 0.241 e. The fourth-order valence-corrected chi connectivity index (χ4v) is 6.66. The first-order chi connectivity index (χ1) is 13.4. The standard InChI is InChI=1S/C21H32N2O4S/c1-17-6-7-18(2)19(16-17)28(25,26)21(8-3-4-9-21)20(24)22-10-5-11-23-12-14-27-15-13-23/h6-7,16H,3-5,8-15H2,1-2H3,(H,22,24). The quantitative estimate of drug-likeness (QED) is 0.700. The first kappa shape index (κ1) is 21.3. The number of hydrogen-bond donors (Lipinski definition) is 1. The van der Waals surface area contributed by atoms with Crippen molar-refractivity contribution in [2.24, 2.45) is 0 Å². The monoisotopic (exact) mass is 408 g/mol. The molecule has 1 aliphatic carbocycles. The third-order valence-corrected chi connectivity index (χ3v) is 8.65. The predicted molar refractivity (Wildman–Crippen MR) is 109 cm³/mol. The number of carbonyl (C=O) groups excluding carboxylic acids is 1. The number of carbonyl (C=O) groups is 1. The Morgan fingerprint density at radius 2 is 1.86 bits per heavy atom. The Bertz CT molecular complexity index is 795. The molecule has 1 aromatic rings. The Morgan fingerprint density at radius 3 is 2.54 bits per heavy atom. The van der Waals surface area contributed by atoms with E-state index in [2.05, 4.69) is 10.2 Å². The highest BCUT2D eigenvalue weighted by molar-refractivity contribution is 7.93. The number of amides is 1. The van der Waals surface area contributed by atoms with Crippen LogP contribution in [-0.4, -0.2) is 63.4 Å². The average molecular weight is 409 g/mol. The van der Waals surface area contributed by atoms with Gasteiger partial charge in [-0.2, -0.15) is 0 Å². The maximum atomic E-state index is 13.6. The highest BCUT2D eigenvalue weighted by Gasteiger charge is 2.53. The molecule has 1 amide bonds. The van der Waals surface area contributed by atoms with Crippen molar-refractivity contribution in [1.82, 2.24) is 10.2 Å². The van der Waals surface area contributed by atoms with E-state index in [1.807, 2.05) is 19.1 Å². The number of nitrogens with zero attached hydrogens (tertiary/aromatic N) is 1. The zero-order valence-corrected chi connectivity index (χ0v) is 17.8. The van der Waals surface area contributed by atoms with Crippen LogP contribution in [0.3, 0.4) is 0 Å². The lowest BCUT2D eigenvalue weighted by atomic mass is 10.1. The lowest BCUT2D eigenvalue weighted by Crippen LogP contribution is -2.51. The molecule has 0 spiro atoms. The summed E-state index contributed by atoms with van der Waals surface area (Å²) in [5.74, 6) is -0.326. The fourth-order valence-electron chi connectivity index (χ4n) is 4.26. The van der Waals surface area contributed by atoms with Crippen LogP contribution in [0.5, 0.6) is 0 Å². The molecule has 6 nitrogen and oxygen atoms in total. The van der Waals surface area contributed by atoms with Gasteiger partial charge in [0.15, 0.2) is 14.6 Å². The van der Waals surface area contributed by atoms with Crippen LogP contribution in [0.4, 0.5) is 0 Å². The second-order valence-corrected chi connectivity index (χ2v) is 10.3. The summed E-state index contributed by atoms with van der Waals surface area (Å²) in [5, 5.41) is 2.94. The molecule has 0 radical (unpaired) electrons. The molecule has 2 fully saturated rings. The molecular formula is C21H32N2O4S. The average Bonchev–Trinajstić information content (AvgIpc) is 3.19. The summed E-state index contributed by atoms with van der Waals surface area (Å²) >= 11 is 0. The smallest absolute Gasteiger partial charge is 0.241 e. The second-order valence-electron chi connectivity index (χ2n) is 8.04. The Balaban J connectivity index is 1.70. The largest absolute Gasteiger partial charge is 0.379 e. The number of nitrogens with one attached hydrogen (secondary N) is 1. The van der Waals surface area contributed by atoms with Crippen LogP contribution in [0.1, 0.15) is 43.2 Å². The second kappa shape index (κ2) is 8.93. The number of morpholine rings is 1. The van der Waals surface area contributed by atoms with E-state index < -0.39 is 14.6 Å². The van der Waals surface area contributed by atoms with Crippen molar-refractivity contribution < 1.29 is 17.9 Å². The van der Waals surface area contributed by atoms with E-state index >= 15 is 0 Å². The molecular weight excluding hydrogens is 376 g/mol. The van der Waals surface area contributed by atoms with Crippen LogP contribution in [-0.2, 0) is 19.4 Å². The first-order valence-electron chi connectivity index (χ1n) is 10.3. The molecule has 1 aliphatic heterocycles. The minimum absolute atomic E-state index is 0.304. The molecule has 1 N–H and O–H groups in total. The summed E-state index contributed by atoms with van der Waals surface area (Å²) < 4.78 is 31.2. The van der Waals surface area contributed by atoms with Crippen molar-refractivity contribution in [3.63, 3.8) is 0 Å². The van der Waals surface area contributed by atoms with Crippen LogP contribution in [0.15, 0.2) is 23.1 Å². The SMILES string of the molecule is Cc1ccc(C)c(S(=O)(=O)C2(C(=O)NCCCN3CCOCC3)CCCC2)c1. The third-order valence-electron chi connectivity index (χ3n) is 6.01. The van der Waals surface area contributed by atoms with Gasteiger partial charge in [-0.3, -0.25) is 9.69 Å². The Kier molecular flexibility index (Phi) is 6.78. The van der Waals surface area contributed by atoms with E-state index in [9.17, 15) is 13.2 Å². The van der Waals surface area contributed by atoms with Gasteiger partial charge in [0.2, 0.25) is 5.91 Å². The number of benzene rings is 1. The van der Waals surface area contributed by atoms with Crippen molar-refractivity contribution >= 4 is 15.7 Å². The van der Waals surface area contributed by atoms with Crippen molar-refractivity contribution in [3.8, 4) is 0 Å². The summed E-state index contributed by atoms with van der Waals surface area (Å²) in [6.45, 7) is 8.41. The lowest BCUT2D eigenvalue weighted by molar-refractivity contribution is -0.123. The van der Waals surface area contributed by atoms with E-state index in [0.29, 0.717) is 29.8 Å². The molecule has 3 rings (SSSR count). The number of sulfone groups is 1. The number of rotatable bonds is 7. The van der Waals surface area contributed by atoms with Gasteiger partial charge < -0.3 is 10.1 Å². The highest BCUT2D eigenvalue weighted by atomic mass is 32.2. The minimum Gasteiger partial charge on any atom is -0.379 e. The number of aryl methyl sites for hydroxylation is 2. The van der Waals surface area contributed by atoms with Crippen LogP contribution >= 0.6 is 0 Å². The maximum absolute atomic E-state index is 13.6.